The predicted molar refractivity (Wildman–Crippen MR) is 63.3 cm³/mol. The quantitative estimate of drug-likeness (QED) is 0.781. The highest BCUT2D eigenvalue weighted by Crippen LogP contribution is 2.30. The number of thiazole rings is 1. The number of hydrogen-bond donors (Lipinski definition) is 0. The van der Waals surface area contributed by atoms with Gasteiger partial charge in [-0.2, -0.15) is 13.4 Å². The van der Waals surface area contributed by atoms with Crippen LogP contribution in [0.4, 0.5) is 0 Å². The maximum absolute atomic E-state index is 11.0. The molecule has 8 heteroatoms. The summed E-state index contributed by atoms with van der Waals surface area (Å²) in [4.78, 5) is 12.8. The maximum Gasteiger partial charge on any atom is 0.307 e. The van der Waals surface area contributed by atoms with Crippen LogP contribution in [0.2, 0.25) is 0 Å². The lowest BCUT2D eigenvalue weighted by Gasteiger charge is -1.98. The van der Waals surface area contributed by atoms with Gasteiger partial charge in [-0.15, -0.1) is 11.3 Å². The van der Waals surface area contributed by atoms with Crippen molar-refractivity contribution in [3.05, 3.63) is 23.5 Å². The highest BCUT2D eigenvalue weighted by Gasteiger charge is 2.15. The lowest BCUT2D eigenvalue weighted by molar-refractivity contribution is 0.483. The first-order valence-electron chi connectivity index (χ1n) is 4.59. The topological polar surface area (TPSA) is 82.0 Å². The van der Waals surface area contributed by atoms with E-state index in [0.29, 0.717) is 15.6 Å². The van der Waals surface area contributed by atoms with E-state index in [0.717, 1.165) is 6.26 Å². The molecule has 0 aliphatic carbocycles. The summed E-state index contributed by atoms with van der Waals surface area (Å²) in [5, 5.41) is 0.578. The van der Waals surface area contributed by atoms with Crippen molar-refractivity contribution in [2.75, 3.05) is 6.26 Å². The highest BCUT2D eigenvalue weighted by molar-refractivity contribution is 7.86. The molecule has 2 aromatic heterocycles. The molecule has 0 unspecified atom stereocenters. The van der Waals surface area contributed by atoms with Crippen LogP contribution in [0, 0.1) is 6.92 Å². The smallest absolute Gasteiger partial charge is 0.307 e. The van der Waals surface area contributed by atoms with Crippen molar-refractivity contribution in [2.24, 2.45) is 0 Å². The van der Waals surface area contributed by atoms with Gasteiger partial charge in [-0.1, -0.05) is 0 Å². The summed E-state index contributed by atoms with van der Waals surface area (Å²) in [5.41, 5.74) is 0.587. The van der Waals surface area contributed by atoms with Crippen molar-refractivity contribution in [3.8, 4) is 16.6 Å². The minimum atomic E-state index is -3.56. The summed E-state index contributed by atoms with van der Waals surface area (Å²) in [5.74, 6) is 0.0955. The third-order valence-electron chi connectivity index (χ3n) is 1.77. The van der Waals surface area contributed by atoms with Crippen LogP contribution >= 0.6 is 11.3 Å². The van der Waals surface area contributed by atoms with Crippen LogP contribution in [0.3, 0.4) is 0 Å². The highest BCUT2D eigenvalue weighted by atomic mass is 32.2. The molecule has 0 saturated carbocycles. The van der Waals surface area contributed by atoms with Gasteiger partial charge in [-0.05, 0) is 6.92 Å². The summed E-state index contributed by atoms with van der Waals surface area (Å²) in [6.45, 7) is 1.73. The van der Waals surface area contributed by atoms with E-state index in [1.807, 2.05) is 0 Å². The molecule has 90 valence electrons. The molecule has 0 spiro atoms. The van der Waals surface area contributed by atoms with Gasteiger partial charge < -0.3 is 4.18 Å². The molecule has 17 heavy (non-hydrogen) atoms. The fourth-order valence-corrected chi connectivity index (χ4v) is 2.43. The van der Waals surface area contributed by atoms with Crippen molar-refractivity contribution in [1.29, 1.82) is 0 Å². The van der Waals surface area contributed by atoms with Crippen LogP contribution in [0.1, 0.15) is 4.88 Å². The number of nitrogens with zero attached hydrogens (tertiary/aromatic N) is 3. The van der Waals surface area contributed by atoms with Gasteiger partial charge in [0.2, 0.25) is 5.88 Å². The summed E-state index contributed by atoms with van der Waals surface area (Å²) in [6.07, 6.45) is 5.64. The zero-order chi connectivity index (χ0) is 12.5. The molecule has 0 aromatic carbocycles. The number of hydrogen-bond acceptors (Lipinski definition) is 7. The Morgan fingerprint density at radius 3 is 2.71 bits per heavy atom. The van der Waals surface area contributed by atoms with E-state index >= 15 is 0 Å². The molecular formula is C9H9N3O3S2. The van der Waals surface area contributed by atoms with E-state index in [1.165, 1.54) is 11.3 Å². The van der Waals surface area contributed by atoms with Gasteiger partial charge in [-0.3, -0.25) is 9.97 Å². The Morgan fingerprint density at radius 1 is 1.35 bits per heavy atom. The molecule has 0 saturated heterocycles. The maximum atomic E-state index is 11.0. The van der Waals surface area contributed by atoms with Crippen molar-refractivity contribution >= 4 is 21.5 Å². The first-order chi connectivity index (χ1) is 7.96. The largest absolute Gasteiger partial charge is 0.361 e. The Balaban J connectivity index is 2.38. The van der Waals surface area contributed by atoms with Gasteiger partial charge in [0.1, 0.15) is 10.7 Å². The minimum Gasteiger partial charge on any atom is -0.361 e. The average molecular weight is 271 g/mol. The van der Waals surface area contributed by atoms with Gasteiger partial charge in [0.25, 0.3) is 0 Å². The molecule has 2 aromatic rings. The third kappa shape index (κ3) is 2.98. The summed E-state index contributed by atoms with van der Waals surface area (Å²) in [6, 6.07) is 0. The van der Waals surface area contributed by atoms with E-state index in [-0.39, 0.29) is 5.88 Å². The van der Waals surface area contributed by atoms with E-state index in [9.17, 15) is 8.42 Å². The Hall–Kier alpha value is -1.54. The van der Waals surface area contributed by atoms with Gasteiger partial charge in [-0.25, -0.2) is 0 Å². The first kappa shape index (κ1) is 11.9. The molecule has 0 atom stereocenters. The number of aryl methyl sites for hydroxylation is 1. The standard InChI is InChI=1S/C9H9N3O3S2/c1-6-8(15-17(2,13)14)12-9(16-6)7-5-10-3-4-11-7/h3-5H,1-2H3. The molecule has 6 nitrogen and oxygen atoms in total. The van der Waals surface area contributed by atoms with Crippen LogP contribution in [0.15, 0.2) is 18.6 Å². The number of aromatic nitrogens is 3. The van der Waals surface area contributed by atoms with E-state index in [1.54, 1.807) is 25.5 Å². The molecule has 2 heterocycles. The Morgan fingerprint density at radius 2 is 2.12 bits per heavy atom. The second kappa shape index (κ2) is 4.38. The van der Waals surface area contributed by atoms with Crippen molar-refractivity contribution in [2.45, 2.75) is 6.92 Å². The molecule has 0 N–H and O–H groups in total. The van der Waals surface area contributed by atoms with E-state index in [4.69, 9.17) is 4.18 Å². The van der Waals surface area contributed by atoms with Crippen LogP contribution in [-0.4, -0.2) is 29.6 Å². The normalized spacial score (nSPS) is 11.4. The van der Waals surface area contributed by atoms with Crippen LogP contribution in [0.25, 0.3) is 10.7 Å². The molecule has 0 aliphatic rings. The molecular weight excluding hydrogens is 262 g/mol. The fourth-order valence-electron chi connectivity index (χ4n) is 1.12. The third-order valence-corrected chi connectivity index (χ3v) is 3.20. The van der Waals surface area contributed by atoms with Crippen molar-refractivity contribution < 1.29 is 12.6 Å². The minimum absolute atomic E-state index is 0.0955. The molecule has 2 rings (SSSR count). The Kier molecular flexibility index (Phi) is 3.07. The lowest BCUT2D eigenvalue weighted by Crippen LogP contribution is -2.06. The zero-order valence-electron chi connectivity index (χ0n) is 9.11. The molecule has 0 fully saturated rings. The lowest BCUT2D eigenvalue weighted by atomic mass is 10.5. The molecule has 0 aliphatic heterocycles. The first-order valence-corrected chi connectivity index (χ1v) is 7.22. The molecule has 0 amide bonds. The second-order valence-electron chi connectivity index (χ2n) is 3.26. The SMILES string of the molecule is Cc1sc(-c2cnccn2)nc1OS(C)(=O)=O. The summed E-state index contributed by atoms with van der Waals surface area (Å²) in [7, 11) is -3.56. The van der Waals surface area contributed by atoms with Gasteiger partial charge >= 0.3 is 10.1 Å². The van der Waals surface area contributed by atoms with Crippen LogP contribution < -0.4 is 4.18 Å². The fraction of sp³-hybridized carbons (Fsp3) is 0.222. The monoisotopic (exact) mass is 271 g/mol. The van der Waals surface area contributed by atoms with Gasteiger partial charge in [0, 0.05) is 12.4 Å². The van der Waals surface area contributed by atoms with Crippen molar-refractivity contribution in [3.63, 3.8) is 0 Å². The number of rotatable bonds is 3. The average Bonchev–Trinajstić information content (AvgIpc) is 2.59. The van der Waals surface area contributed by atoms with E-state index < -0.39 is 10.1 Å². The van der Waals surface area contributed by atoms with Crippen LogP contribution in [0.5, 0.6) is 5.88 Å². The molecule has 0 radical (unpaired) electrons. The van der Waals surface area contributed by atoms with Crippen molar-refractivity contribution in [1.82, 2.24) is 15.0 Å². The van der Waals surface area contributed by atoms with E-state index in [2.05, 4.69) is 15.0 Å². The van der Waals surface area contributed by atoms with Crippen LogP contribution in [-0.2, 0) is 10.1 Å². The summed E-state index contributed by atoms with van der Waals surface area (Å²) < 4.78 is 26.8. The predicted octanol–water partition coefficient (Wildman–Crippen LogP) is 1.25. The summed E-state index contributed by atoms with van der Waals surface area (Å²) >= 11 is 1.31. The Bertz CT molecular complexity index is 622. The zero-order valence-corrected chi connectivity index (χ0v) is 10.7. The van der Waals surface area contributed by atoms with Gasteiger partial charge in [0.05, 0.1) is 17.3 Å². The van der Waals surface area contributed by atoms with Gasteiger partial charge in [0.15, 0.2) is 0 Å². The molecule has 0 bridgehead atoms. The Labute approximate surface area is 102 Å². The second-order valence-corrected chi connectivity index (χ2v) is 6.04.